The molecule has 1 aromatic heterocycles. The molecule has 1 saturated heterocycles. The Morgan fingerprint density at radius 1 is 0.889 bits per heavy atom. The van der Waals surface area contributed by atoms with Crippen molar-refractivity contribution in [3.05, 3.63) is 131 Å². The van der Waals surface area contributed by atoms with Gasteiger partial charge in [-0.2, -0.15) is 0 Å². The number of ether oxygens (including phenoxy) is 1. The molecule has 0 saturated carbocycles. The summed E-state index contributed by atoms with van der Waals surface area (Å²) in [7, 11) is 0. The van der Waals surface area contributed by atoms with E-state index in [0.29, 0.717) is 27.6 Å². The van der Waals surface area contributed by atoms with E-state index in [1.165, 1.54) is 4.90 Å². The van der Waals surface area contributed by atoms with Crippen LogP contribution in [0.3, 0.4) is 0 Å². The zero-order valence-electron chi connectivity index (χ0n) is 19.0. The minimum Gasteiger partial charge on any atom is -0.507 e. The number of aliphatic hydroxyl groups is 1. The number of amides is 1. The summed E-state index contributed by atoms with van der Waals surface area (Å²) in [5, 5.41) is 11.7. The van der Waals surface area contributed by atoms with Crippen LogP contribution in [0.1, 0.15) is 22.7 Å². The van der Waals surface area contributed by atoms with E-state index in [4.69, 9.17) is 16.3 Å². The zero-order valence-corrected chi connectivity index (χ0v) is 19.8. The lowest BCUT2D eigenvalue weighted by molar-refractivity contribution is -0.140. The summed E-state index contributed by atoms with van der Waals surface area (Å²) in [6, 6.07) is 25.7. The number of pyridine rings is 1. The van der Waals surface area contributed by atoms with Gasteiger partial charge in [0.25, 0.3) is 11.7 Å². The van der Waals surface area contributed by atoms with Crippen molar-refractivity contribution in [2.45, 2.75) is 12.6 Å². The maximum Gasteiger partial charge on any atom is 0.295 e. The van der Waals surface area contributed by atoms with Crippen LogP contribution in [0.5, 0.6) is 11.5 Å². The van der Waals surface area contributed by atoms with Gasteiger partial charge in [-0.1, -0.05) is 41.9 Å². The van der Waals surface area contributed by atoms with Gasteiger partial charge < -0.3 is 14.7 Å². The first-order valence-corrected chi connectivity index (χ1v) is 11.6. The molecule has 1 fully saturated rings. The van der Waals surface area contributed by atoms with Crippen molar-refractivity contribution in [3.63, 3.8) is 0 Å². The number of likely N-dealkylation sites (tertiary alicyclic amines) is 1. The fourth-order valence-corrected chi connectivity index (χ4v) is 4.34. The molecule has 36 heavy (non-hydrogen) atoms. The highest BCUT2D eigenvalue weighted by Crippen LogP contribution is 2.41. The Bertz CT molecular complexity index is 1440. The smallest absolute Gasteiger partial charge is 0.295 e. The van der Waals surface area contributed by atoms with E-state index >= 15 is 0 Å². The number of carbonyl (C=O) groups is 2. The second kappa shape index (κ2) is 10.1. The first-order chi connectivity index (χ1) is 17.5. The van der Waals surface area contributed by atoms with E-state index in [1.54, 1.807) is 67.0 Å². The minimum absolute atomic E-state index is 0.00763. The fourth-order valence-electron chi connectivity index (χ4n) is 4.21. The first-order valence-electron chi connectivity index (χ1n) is 11.3. The van der Waals surface area contributed by atoms with E-state index in [-0.39, 0.29) is 17.9 Å². The summed E-state index contributed by atoms with van der Waals surface area (Å²) >= 11 is 6.00. The third-order valence-electron chi connectivity index (χ3n) is 5.91. The van der Waals surface area contributed by atoms with Crippen LogP contribution in [0, 0.1) is 0 Å². The number of halogens is 1. The number of nitrogens with zero attached hydrogens (tertiary/aromatic N) is 2. The maximum absolute atomic E-state index is 13.3. The van der Waals surface area contributed by atoms with Crippen LogP contribution in [-0.4, -0.2) is 26.7 Å². The van der Waals surface area contributed by atoms with Crippen LogP contribution in [0.15, 0.2) is 109 Å². The van der Waals surface area contributed by atoms with Crippen molar-refractivity contribution in [3.8, 4) is 11.5 Å². The zero-order chi connectivity index (χ0) is 25.1. The highest BCUT2D eigenvalue weighted by atomic mass is 35.5. The Hall–Kier alpha value is -4.42. The van der Waals surface area contributed by atoms with Crippen LogP contribution in [0.2, 0.25) is 5.02 Å². The van der Waals surface area contributed by atoms with Crippen molar-refractivity contribution in [1.82, 2.24) is 9.88 Å². The van der Waals surface area contributed by atoms with Crippen LogP contribution < -0.4 is 4.74 Å². The van der Waals surface area contributed by atoms with Crippen molar-refractivity contribution in [2.24, 2.45) is 0 Å². The standard InChI is InChI=1S/C29H21ClN2O4/c30-22-11-9-20(10-12-22)27(33)25-26(32(29(35)28(25)34)18-19-13-15-31-16-14-19)21-5-4-8-24(17-21)36-23-6-2-1-3-7-23/h1-17,26,33H,18H2/b27-25-. The van der Waals surface area contributed by atoms with Crippen LogP contribution >= 0.6 is 11.6 Å². The molecule has 4 aromatic rings. The van der Waals surface area contributed by atoms with Gasteiger partial charge in [-0.25, -0.2) is 0 Å². The summed E-state index contributed by atoms with van der Waals surface area (Å²) in [5.74, 6) is -0.513. The largest absolute Gasteiger partial charge is 0.507 e. The summed E-state index contributed by atoms with van der Waals surface area (Å²) in [6.07, 6.45) is 3.26. The first kappa shape index (κ1) is 23.3. The molecule has 2 heterocycles. The second-order valence-electron chi connectivity index (χ2n) is 8.28. The lowest BCUT2D eigenvalue weighted by Gasteiger charge is -2.25. The number of aliphatic hydroxyl groups excluding tert-OH is 1. The third kappa shape index (κ3) is 4.72. The van der Waals surface area contributed by atoms with Gasteiger partial charge in [0.1, 0.15) is 17.3 Å². The lowest BCUT2D eigenvalue weighted by atomic mass is 9.95. The molecule has 1 unspecified atom stereocenters. The van der Waals surface area contributed by atoms with Gasteiger partial charge in [0.2, 0.25) is 0 Å². The molecule has 6 nitrogen and oxygen atoms in total. The quantitative estimate of drug-likeness (QED) is 0.197. The summed E-state index contributed by atoms with van der Waals surface area (Å²) < 4.78 is 5.99. The Kier molecular flexibility index (Phi) is 6.52. The average Bonchev–Trinajstić information content (AvgIpc) is 3.15. The van der Waals surface area contributed by atoms with Crippen LogP contribution in [0.4, 0.5) is 0 Å². The molecule has 1 aliphatic heterocycles. The molecule has 0 bridgehead atoms. The number of hydrogen-bond donors (Lipinski definition) is 1. The monoisotopic (exact) mass is 496 g/mol. The number of benzene rings is 3. The molecule has 0 aliphatic carbocycles. The van der Waals surface area contributed by atoms with Gasteiger partial charge in [0.05, 0.1) is 11.6 Å². The number of ketones is 1. The molecule has 178 valence electrons. The molecule has 0 radical (unpaired) electrons. The highest BCUT2D eigenvalue weighted by Gasteiger charge is 2.46. The van der Waals surface area contributed by atoms with E-state index < -0.39 is 17.7 Å². The molecule has 1 N–H and O–H groups in total. The Balaban J connectivity index is 1.61. The molecule has 7 heteroatoms. The van der Waals surface area contributed by atoms with E-state index in [0.717, 1.165) is 5.56 Å². The third-order valence-corrected chi connectivity index (χ3v) is 6.16. The molecule has 5 rings (SSSR count). The Morgan fingerprint density at radius 2 is 1.58 bits per heavy atom. The Morgan fingerprint density at radius 3 is 2.31 bits per heavy atom. The number of para-hydroxylation sites is 1. The van der Waals surface area contributed by atoms with Crippen molar-refractivity contribution in [1.29, 1.82) is 0 Å². The SMILES string of the molecule is O=C1C(=O)N(Cc2ccncc2)C(c2cccc(Oc3ccccc3)c2)/C1=C(/O)c1ccc(Cl)cc1. The molecule has 3 aromatic carbocycles. The van der Waals surface area contributed by atoms with E-state index in [9.17, 15) is 14.7 Å². The summed E-state index contributed by atoms with van der Waals surface area (Å²) in [6.45, 7) is 0.166. The van der Waals surface area contributed by atoms with Gasteiger partial charge in [0, 0.05) is 29.5 Å². The van der Waals surface area contributed by atoms with Crippen LogP contribution in [-0.2, 0) is 16.1 Å². The van der Waals surface area contributed by atoms with E-state index in [1.807, 2.05) is 36.4 Å². The van der Waals surface area contributed by atoms with Crippen molar-refractivity contribution < 1.29 is 19.4 Å². The number of hydrogen-bond acceptors (Lipinski definition) is 5. The minimum atomic E-state index is -0.826. The summed E-state index contributed by atoms with van der Waals surface area (Å²) in [5.41, 5.74) is 1.84. The average molecular weight is 497 g/mol. The van der Waals surface area contributed by atoms with Crippen molar-refractivity contribution >= 4 is 29.1 Å². The predicted octanol–water partition coefficient (Wildman–Crippen LogP) is 6.15. The Labute approximate surface area is 213 Å². The number of Topliss-reactive ketones (excluding diaryl/α,β-unsaturated/α-hetero) is 1. The molecule has 1 atom stereocenters. The van der Waals surface area contributed by atoms with Gasteiger partial charge >= 0.3 is 0 Å². The van der Waals surface area contributed by atoms with Crippen LogP contribution in [0.25, 0.3) is 5.76 Å². The van der Waals surface area contributed by atoms with Gasteiger partial charge in [-0.15, -0.1) is 0 Å². The summed E-state index contributed by atoms with van der Waals surface area (Å²) in [4.78, 5) is 32.0. The number of carbonyl (C=O) groups excluding carboxylic acids is 2. The fraction of sp³-hybridized carbons (Fsp3) is 0.0690. The number of aromatic nitrogens is 1. The van der Waals surface area contributed by atoms with Gasteiger partial charge in [-0.3, -0.25) is 14.6 Å². The molecule has 0 spiro atoms. The van der Waals surface area contributed by atoms with Crippen molar-refractivity contribution in [2.75, 3.05) is 0 Å². The second-order valence-corrected chi connectivity index (χ2v) is 8.71. The molecule has 1 amide bonds. The highest BCUT2D eigenvalue weighted by molar-refractivity contribution is 6.46. The molecular formula is C29H21ClN2O4. The normalized spacial score (nSPS) is 16.8. The predicted molar refractivity (Wildman–Crippen MR) is 136 cm³/mol. The van der Waals surface area contributed by atoms with Gasteiger partial charge in [0.15, 0.2) is 0 Å². The maximum atomic E-state index is 13.3. The molecule has 1 aliphatic rings. The van der Waals surface area contributed by atoms with Gasteiger partial charge in [-0.05, 0) is 71.8 Å². The lowest BCUT2D eigenvalue weighted by Crippen LogP contribution is -2.29. The topological polar surface area (TPSA) is 79.7 Å². The van der Waals surface area contributed by atoms with E-state index in [2.05, 4.69) is 4.98 Å². The molecular weight excluding hydrogens is 476 g/mol. The number of rotatable bonds is 6.